The molecule has 0 radical (unpaired) electrons. The number of benzene rings is 1. The molecule has 2 heteroatoms. The maximum Gasteiger partial charge on any atom is 0.0320 e. The molecule has 1 spiro atoms. The first-order chi connectivity index (χ1) is 9.19. The maximum absolute atomic E-state index is 5.90. The van der Waals surface area contributed by atoms with Gasteiger partial charge in [-0.2, -0.15) is 0 Å². The lowest BCUT2D eigenvalue weighted by molar-refractivity contribution is 0.0814. The topological polar surface area (TPSA) is 29.3 Å². The molecule has 1 saturated heterocycles. The van der Waals surface area contributed by atoms with E-state index in [1.165, 1.54) is 57.2 Å². The summed E-state index contributed by atoms with van der Waals surface area (Å²) in [5.74, 6) is 0. The SMILES string of the molecule is CC(c1cccc(N)c1)N1CCC2(CCCC2)CC1. The fraction of sp³-hybridized carbons (Fsp3) is 0.647. The van der Waals surface area contributed by atoms with Gasteiger partial charge in [-0.15, -0.1) is 0 Å². The summed E-state index contributed by atoms with van der Waals surface area (Å²) < 4.78 is 0. The van der Waals surface area contributed by atoms with Crippen molar-refractivity contribution >= 4 is 5.69 Å². The van der Waals surface area contributed by atoms with Gasteiger partial charge in [0.05, 0.1) is 0 Å². The molecule has 2 N–H and O–H groups in total. The van der Waals surface area contributed by atoms with Crippen LogP contribution in [0.1, 0.15) is 57.1 Å². The van der Waals surface area contributed by atoms with Gasteiger partial charge in [-0.25, -0.2) is 0 Å². The minimum atomic E-state index is 0.502. The predicted octanol–water partition coefficient (Wildman–Crippen LogP) is 3.99. The van der Waals surface area contributed by atoms with Crippen LogP contribution in [0.5, 0.6) is 0 Å². The van der Waals surface area contributed by atoms with Crippen LogP contribution >= 0.6 is 0 Å². The Hall–Kier alpha value is -1.02. The minimum Gasteiger partial charge on any atom is -0.399 e. The molecule has 104 valence electrons. The molecule has 2 nitrogen and oxygen atoms in total. The molecule has 1 atom stereocenters. The summed E-state index contributed by atoms with van der Waals surface area (Å²) in [7, 11) is 0. The quantitative estimate of drug-likeness (QED) is 0.813. The molecule has 1 aromatic rings. The highest BCUT2D eigenvalue weighted by atomic mass is 15.2. The summed E-state index contributed by atoms with van der Waals surface area (Å²) in [6, 6.07) is 8.89. The van der Waals surface area contributed by atoms with Gasteiger partial charge in [-0.05, 0) is 68.8 Å². The van der Waals surface area contributed by atoms with E-state index in [1.54, 1.807) is 0 Å². The lowest BCUT2D eigenvalue weighted by Gasteiger charge is -2.42. The van der Waals surface area contributed by atoms with Crippen molar-refractivity contribution in [2.45, 2.75) is 51.5 Å². The lowest BCUT2D eigenvalue weighted by Crippen LogP contribution is -2.40. The Kier molecular flexibility index (Phi) is 3.53. The molecule has 1 heterocycles. The highest BCUT2D eigenvalue weighted by Crippen LogP contribution is 2.47. The van der Waals surface area contributed by atoms with Gasteiger partial charge >= 0.3 is 0 Å². The summed E-state index contributed by atoms with van der Waals surface area (Å²) in [4.78, 5) is 2.64. The second kappa shape index (κ2) is 5.16. The highest BCUT2D eigenvalue weighted by Gasteiger charge is 2.37. The number of likely N-dealkylation sites (tertiary alicyclic amines) is 1. The normalized spacial score (nSPS) is 24.7. The van der Waals surface area contributed by atoms with Crippen LogP contribution in [-0.4, -0.2) is 18.0 Å². The van der Waals surface area contributed by atoms with E-state index in [-0.39, 0.29) is 0 Å². The van der Waals surface area contributed by atoms with E-state index < -0.39 is 0 Å². The number of piperidine rings is 1. The van der Waals surface area contributed by atoms with Gasteiger partial charge in [0.2, 0.25) is 0 Å². The van der Waals surface area contributed by atoms with E-state index in [1.807, 2.05) is 6.07 Å². The smallest absolute Gasteiger partial charge is 0.0320 e. The summed E-state index contributed by atoms with van der Waals surface area (Å²) >= 11 is 0. The highest BCUT2D eigenvalue weighted by molar-refractivity contribution is 5.41. The first-order valence-electron chi connectivity index (χ1n) is 7.78. The number of rotatable bonds is 2. The average Bonchev–Trinajstić information content (AvgIpc) is 2.87. The molecule has 1 unspecified atom stereocenters. The molecule has 19 heavy (non-hydrogen) atoms. The molecule has 2 aliphatic rings. The van der Waals surface area contributed by atoms with Crippen molar-refractivity contribution in [3.8, 4) is 0 Å². The van der Waals surface area contributed by atoms with Gasteiger partial charge in [0.15, 0.2) is 0 Å². The molecule has 0 aromatic heterocycles. The monoisotopic (exact) mass is 258 g/mol. The number of nitrogens with two attached hydrogens (primary N) is 1. The van der Waals surface area contributed by atoms with Crippen molar-refractivity contribution in [3.63, 3.8) is 0 Å². The van der Waals surface area contributed by atoms with E-state index in [2.05, 4.69) is 30.0 Å². The summed E-state index contributed by atoms with van der Waals surface area (Å²) in [5.41, 5.74) is 8.86. The Bertz CT molecular complexity index is 425. The molecule has 1 aromatic carbocycles. The maximum atomic E-state index is 5.90. The van der Waals surface area contributed by atoms with Gasteiger partial charge in [-0.3, -0.25) is 4.90 Å². The second-order valence-electron chi connectivity index (χ2n) is 6.59. The van der Waals surface area contributed by atoms with Crippen molar-refractivity contribution < 1.29 is 0 Å². The Labute approximate surface area is 117 Å². The molecule has 0 bridgehead atoms. The average molecular weight is 258 g/mol. The molecular formula is C17H26N2. The third-order valence-corrected chi connectivity index (χ3v) is 5.46. The van der Waals surface area contributed by atoms with E-state index in [9.17, 15) is 0 Å². The van der Waals surface area contributed by atoms with E-state index in [4.69, 9.17) is 5.73 Å². The van der Waals surface area contributed by atoms with Crippen molar-refractivity contribution in [2.24, 2.45) is 5.41 Å². The predicted molar refractivity (Wildman–Crippen MR) is 81.0 cm³/mol. The number of nitrogen functional groups attached to an aromatic ring is 1. The number of anilines is 1. The van der Waals surface area contributed by atoms with Crippen LogP contribution in [0, 0.1) is 5.41 Å². The molecule has 1 saturated carbocycles. The van der Waals surface area contributed by atoms with Crippen LogP contribution in [-0.2, 0) is 0 Å². The number of nitrogens with zero attached hydrogens (tertiary/aromatic N) is 1. The van der Waals surface area contributed by atoms with Gasteiger partial charge in [0.1, 0.15) is 0 Å². The standard InChI is InChI=1S/C17H26N2/c1-14(15-5-4-6-16(18)13-15)19-11-9-17(10-12-19)7-2-3-8-17/h4-6,13-14H,2-3,7-12,18H2,1H3. The van der Waals surface area contributed by atoms with Crippen LogP contribution in [0.4, 0.5) is 5.69 Å². The Balaban J connectivity index is 1.64. The molecule has 3 rings (SSSR count). The van der Waals surface area contributed by atoms with Crippen LogP contribution in [0.2, 0.25) is 0 Å². The Morgan fingerprint density at radius 3 is 2.42 bits per heavy atom. The fourth-order valence-corrected chi connectivity index (χ4v) is 4.04. The molecule has 1 aliphatic heterocycles. The zero-order chi connectivity index (χ0) is 13.3. The summed E-state index contributed by atoms with van der Waals surface area (Å²) in [6.07, 6.45) is 8.69. The van der Waals surface area contributed by atoms with Crippen molar-refractivity contribution in [1.29, 1.82) is 0 Å². The van der Waals surface area contributed by atoms with E-state index in [0.717, 1.165) is 5.69 Å². The third-order valence-electron chi connectivity index (χ3n) is 5.46. The van der Waals surface area contributed by atoms with E-state index in [0.29, 0.717) is 11.5 Å². The molecular weight excluding hydrogens is 232 g/mol. The third kappa shape index (κ3) is 2.64. The fourth-order valence-electron chi connectivity index (χ4n) is 4.04. The van der Waals surface area contributed by atoms with Crippen molar-refractivity contribution in [1.82, 2.24) is 4.90 Å². The van der Waals surface area contributed by atoms with Gasteiger partial charge in [0.25, 0.3) is 0 Å². The lowest BCUT2D eigenvalue weighted by atomic mass is 9.76. The van der Waals surface area contributed by atoms with Gasteiger partial charge in [-0.1, -0.05) is 25.0 Å². The summed E-state index contributed by atoms with van der Waals surface area (Å²) in [5, 5.41) is 0. The minimum absolute atomic E-state index is 0.502. The van der Waals surface area contributed by atoms with Crippen LogP contribution in [0.25, 0.3) is 0 Å². The zero-order valence-corrected chi connectivity index (χ0v) is 12.1. The van der Waals surface area contributed by atoms with Crippen LogP contribution in [0.15, 0.2) is 24.3 Å². The largest absolute Gasteiger partial charge is 0.399 e. The summed E-state index contributed by atoms with van der Waals surface area (Å²) in [6.45, 7) is 4.84. The van der Waals surface area contributed by atoms with Crippen molar-refractivity contribution in [2.75, 3.05) is 18.8 Å². The van der Waals surface area contributed by atoms with Gasteiger partial charge < -0.3 is 5.73 Å². The first-order valence-corrected chi connectivity index (χ1v) is 7.78. The number of hydrogen-bond donors (Lipinski definition) is 1. The molecule has 1 aliphatic carbocycles. The van der Waals surface area contributed by atoms with E-state index >= 15 is 0 Å². The van der Waals surface area contributed by atoms with Crippen LogP contribution < -0.4 is 5.73 Å². The zero-order valence-electron chi connectivity index (χ0n) is 12.1. The van der Waals surface area contributed by atoms with Crippen molar-refractivity contribution in [3.05, 3.63) is 29.8 Å². The molecule has 0 amide bonds. The number of hydrogen-bond acceptors (Lipinski definition) is 2. The first kappa shape index (κ1) is 13.0. The van der Waals surface area contributed by atoms with Gasteiger partial charge in [0, 0.05) is 11.7 Å². The Morgan fingerprint density at radius 2 is 1.79 bits per heavy atom. The molecule has 2 fully saturated rings. The van der Waals surface area contributed by atoms with Crippen LogP contribution in [0.3, 0.4) is 0 Å². The second-order valence-corrected chi connectivity index (χ2v) is 6.59. The Morgan fingerprint density at radius 1 is 1.11 bits per heavy atom.